The first kappa shape index (κ1) is 22.9. The van der Waals surface area contributed by atoms with Crippen LogP contribution in [0.3, 0.4) is 0 Å². The minimum absolute atomic E-state index is 0. The number of rotatable bonds is 3. The second-order valence-corrected chi connectivity index (χ2v) is 9.00. The van der Waals surface area contributed by atoms with Gasteiger partial charge in [0.1, 0.15) is 5.75 Å². The zero-order chi connectivity index (χ0) is 20.5. The lowest BCUT2D eigenvalue weighted by atomic mass is 9.65. The molecule has 2 bridgehead atoms. The molecular formula is C23H34ClN3O3. The topological polar surface area (TPSA) is 75.9 Å². The third-order valence-corrected chi connectivity index (χ3v) is 7.30. The Balaban J connectivity index is 0.00000256. The zero-order valence-corrected chi connectivity index (χ0v) is 18.8. The molecule has 2 aliphatic carbocycles. The third kappa shape index (κ3) is 4.45. The summed E-state index contributed by atoms with van der Waals surface area (Å²) in [5, 5.41) is 0. The van der Waals surface area contributed by atoms with Gasteiger partial charge in [0.05, 0.1) is 7.11 Å². The van der Waals surface area contributed by atoms with Crippen LogP contribution in [0, 0.1) is 24.7 Å². The molecule has 7 heteroatoms. The Bertz CT molecular complexity index is 765. The van der Waals surface area contributed by atoms with Gasteiger partial charge in [-0.3, -0.25) is 9.59 Å². The number of carbonyl (C=O) groups excluding carboxylic acids is 2. The second kappa shape index (κ2) is 9.56. The van der Waals surface area contributed by atoms with Gasteiger partial charge < -0.3 is 20.3 Å². The molecule has 1 aromatic rings. The fourth-order valence-electron chi connectivity index (χ4n) is 5.51. The molecule has 30 heavy (non-hydrogen) atoms. The van der Waals surface area contributed by atoms with Crippen LogP contribution < -0.4 is 10.5 Å². The maximum absolute atomic E-state index is 13.1. The Hall–Kier alpha value is -1.79. The highest BCUT2D eigenvalue weighted by Crippen LogP contribution is 2.42. The van der Waals surface area contributed by atoms with Gasteiger partial charge in [-0.05, 0) is 62.1 Å². The Labute approximate surface area is 185 Å². The van der Waals surface area contributed by atoms with Crippen LogP contribution in [-0.4, -0.2) is 60.9 Å². The van der Waals surface area contributed by atoms with E-state index in [-0.39, 0.29) is 36.2 Å². The molecule has 3 fully saturated rings. The number of nitrogens with two attached hydrogens (primary N) is 1. The number of fused-ring (bicyclic) bond motifs is 2. The molecule has 2 amide bonds. The number of amides is 2. The number of hydrogen-bond donors (Lipinski definition) is 1. The molecule has 2 saturated carbocycles. The number of aryl methyl sites for hydroxylation is 1. The van der Waals surface area contributed by atoms with Crippen molar-refractivity contribution in [2.75, 3.05) is 33.3 Å². The number of hydrogen-bond acceptors (Lipinski definition) is 4. The summed E-state index contributed by atoms with van der Waals surface area (Å²) in [6.07, 6.45) is 5.49. The predicted molar refractivity (Wildman–Crippen MR) is 119 cm³/mol. The van der Waals surface area contributed by atoms with E-state index in [2.05, 4.69) is 0 Å². The van der Waals surface area contributed by atoms with Crippen molar-refractivity contribution in [3.8, 4) is 5.75 Å². The largest absolute Gasteiger partial charge is 0.496 e. The molecule has 1 heterocycles. The molecule has 1 saturated heterocycles. The highest BCUT2D eigenvalue weighted by Gasteiger charge is 2.42. The number of piperazine rings is 1. The summed E-state index contributed by atoms with van der Waals surface area (Å²) < 4.78 is 5.35. The van der Waals surface area contributed by atoms with Crippen molar-refractivity contribution in [2.24, 2.45) is 23.5 Å². The minimum Gasteiger partial charge on any atom is -0.496 e. The van der Waals surface area contributed by atoms with Crippen LogP contribution in [-0.2, 0) is 4.79 Å². The fourth-order valence-corrected chi connectivity index (χ4v) is 5.51. The number of ether oxygens (including phenoxy) is 1. The van der Waals surface area contributed by atoms with Crippen LogP contribution >= 0.6 is 12.4 Å². The summed E-state index contributed by atoms with van der Waals surface area (Å²) in [6.45, 7) is 4.36. The van der Waals surface area contributed by atoms with E-state index < -0.39 is 0 Å². The maximum Gasteiger partial charge on any atom is 0.254 e. The van der Waals surface area contributed by atoms with Crippen LogP contribution in [0.4, 0.5) is 0 Å². The lowest BCUT2D eigenvalue weighted by Gasteiger charge is -2.45. The number of halogens is 1. The van der Waals surface area contributed by atoms with Crippen molar-refractivity contribution in [2.45, 2.75) is 45.1 Å². The Morgan fingerprint density at radius 1 is 1.03 bits per heavy atom. The van der Waals surface area contributed by atoms with E-state index in [1.165, 1.54) is 19.3 Å². The zero-order valence-electron chi connectivity index (χ0n) is 18.0. The fraction of sp³-hybridized carbons (Fsp3) is 0.652. The summed E-state index contributed by atoms with van der Waals surface area (Å²) in [7, 11) is 1.62. The van der Waals surface area contributed by atoms with Gasteiger partial charge in [0.2, 0.25) is 5.91 Å². The molecule has 0 radical (unpaired) electrons. The first-order valence-corrected chi connectivity index (χ1v) is 11.0. The molecule has 2 N–H and O–H groups in total. The van der Waals surface area contributed by atoms with E-state index in [4.69, 9.17) is 10.5 Å². The van der Waals surface area contributed by atoms with Gasteiger partial charge in [-0.25, -0.2) is 0 Å². The van der Waals surface area contributed by atoms with Gasteiger partial charge >= 0.3 is 0 Å². The molecule has 6 nitrogen and oxygen atoms in total. The lowest BCUT2D eigenvalue weighted by Crippen LogP contribution is -2.54. The quantitative estimate of drug-likeness (QED) is 0.792. The van der Waals surface area contributed by atoms with Gasteiger partial charge in [-0.1, -0.05) is 12.5 Å². The third-order valence-electron chi connectivity index (χ3n) is 7.30. The highest BCUT2D eigenvalue weighted by molar-refractivity contribution is 5.95. The average Bonchev–Trinajstić information content (AvgIpc) is 2.73. The molecule has 0 aromatic heterocycles. The Morgan fingerprint density at radius 2 is 1.63 bits per heavy atom. The van der Waals surface area contributed by atoms with Crippen molar-refractivity contribution in [1.82, 2.24) is 9.80 Å². The van der Waals surface area contributed by atoms with Crippen molar-refractivity contribution >= 4 is 24.2 Å². The summed E-state index contributed by atoms with van der Waals surface area (Å²) in [4.78, 5) is 29.8. The van der Waals surface area contributed by atoms with Crippen LogP contribution in [0.25, 0.3) is 0 Å². The first-order valence-electron chi connectivity index (χ1n) is 11.0. The molecule has 1 aromatic carbocycles. The summed E-state index contributed by atoms with van der Waals surface area (Å²) in [5.41, 5.74) is 8.03. The van der Waals surface area contributed by atoms with E-state index in [1.54, 1.807) is 13.2 Å². The van der Waals surface area contributed by atoms with Gasteiger partial charge in [0.25, 0.3) is 5.91 Å². The molecule has 2 atom stereocenters. The SMILES string of the molecule is COc1cc(C(=O)N2CCN(C(=O)C3CC4CCCC(C3)C4N)CC2)ccc1C.Cl. The van der Waals surface area contributed by atoms with Gasteiger partial charge in [0, 0.05) is 43.7 Å². The smallest absolute Gasteiger partial charge is 0.254 e. The van der Waals surface area contributed by atoms with E-state index >= 15 is 0 Å². The lowest BCUT2D eigenvalue weighted by molar-refractivity contribution is -0.140. The highest BCUT2D eigenvalue weighted by atomic mass is 35.5. The van der Waals surface area contributed by atoms with E-state index in [0.717, 1.165) is 24.2 Å². The maximum atomic E-state index is 13.1. The van der Waals surface area contributed by atoms with Crippen molar-refractivity contribution < 1.29 is 14.3 Å². The van der Waals surface area contributed by atoms with E-state index in [0.29, 0.717) is 43.6 Å². The number of methoxy groups -OCH3 is 1. The summed E-state index contributed by atoms with van der Waals surface area (Å²) >= 11 is 0. The minimum atomic E-state index is 0. The molecule has 166 valence electrons. The molecule has 2 unspecified atom stereocenters. The van der Waals surface area contributed by atoms with Gasteiger partial charge in [0.15, 0.2) is 0 Å². The average molecular weight is 436 g/mol. The second-order valence-electron chi connectivity index (χ2n) is 9.00. The van der Waals surface area contributed by atoms with Crippen molar-refractivity contribution in [3.05, 3.63) is 29.3 Å². The van der Waals surface area contributed by atoms with Crippen LogP contribution in [0.2, 0.25) is 0 Å². The number of benzene rings is 1. The monoisotopic (exact) mass is 435 g/mol. The Kier molecular flexibility index (Phi) is 7.30. The standard InChI is InChI=1S/C23H33N3O3.ClH/c1-15-6-7-18(14-20(15)29-2)22(27)25-8-10-26(11-9-25)23(28)19-12-16-4-3-5-17(13-19)21(16)24;/h6-7,14,16-17,19,21H,3-5,8-13,24H2,1-2H3;1H. The normalized spacial score (nSPS) is 28.5. The number of nitrogens with zero attached hydrogens (tertiary/aromatic N) is 2. The summed E-state index contributed by atoms with van der Waals surface area (Å²) in [6, 6.07) is 5.85. The molecular weight excluding hydrogens is 402 g/mol. The summed E-state index contributed by atoms with van der Waals surface area (Å²) in [5.74, 6) is 2.15. The number of carbonyl (C=O) groups is 2. The van der Waals surface area contributed by atoms with E-state index in [1.807, 2.05) is 28.9 Å². The van der Waals surface area contributed by atoms with E-state index in [9.17, 15) is 9.59 Å². The van der Waals surface area contributed by atoms with Crippen molar-refractivity contribution in [3.63, 3.8) is 0 Å². The van der Waals surface area contributed by atoms with Gasteiger partial charge in [-0.2, -0.15) is 0 Å². The molecule has 4 rings (SSSR count). The van der Waals surface area contributed by atoms with Crippen LogP contribution in [0.1, 0.15) is 48.0 Å². The molecule has 3 aliphatic rings. The van der Waals surface area contributed by atoms with Crippen molar-refractivity contribution in [1.29, 1.82) is 0 Å². The van der Waals surface area contributed by atoms with Crippen LogP contribution in [0.15, 0.2) is 18.2 Å². The van der Waals surface area contributed by atoms with Gasteiger partial charge in [-0.15, -0.1) is 12.4 Å². The molecule has 0 spiro atoms. The van der Waals surface area contributed by atoms with Crippen LogP contribution in [0.5, 0.6) is 5.75 Å². The molecule has 1 aliphatic heterocycles. The first-order chi connectivity index (χ1) is 14.0. The predicted octanol–water partition coefficient (Wildman–Crippen LogP) is 2.86. The Morgan fingerprint density at radius 3 is 2.23 bits per heavy atom.